The van der Waals surface area contributed by atoms with Crippen LogP contribution in [0.2, 0.25) is 0 Å². The number of para-hydroxylation sites is 3. The van der Waals surface area contributed by atoms with Gasteiger partial charge in [-0.25, -0.2) is 9.97 Å². The number of ether oxygens (including phenoxy) is 1. The van der Waals surface area contributed by atoms with Gasteiger partial charge in [0.1, 0.15) is 11.4 Å². The summed E-state index contributed by atoms with van der Waals surface area (Å²) in [5, 5.41) is 7.07. The summed E-state index contributed by atoms with van der Waals surface area (Å²) < 4.78 is 7.26. The van der Waals surface area contributed by atoms with Gasteiger partial charge in [-0.2, -0.15) is 0 Å². The maximum Gasteiger partial charge on any atom is 0.243 e. The second-order valence-corrected chi connectivity index (χ2v) is 8.93. The molecule has 0 saturated heterocycles. The first-order chi connectivity index (χ1) is 17.0. The second-order valence-electron chi connectivity index (χ2n) is 7.99. The minimum Gasteiger partial charge on any atom is -0.495 e. The Balaban J connectivity index is 1.30. The number of amides is 2. The molecule has 0 spiro atoms. The van der Waals surface area contributed by atoms with Crippen LogP contribution in [0.1, 0.15) is 5.56 Å². The highest BCUT2D eigenvalue weighted by molar-refractivity contribution is 7.99. The van der Waals surface area contributed by atoms with Crippen LogP contribution >= 0.6 is 11.8 Å². The van der Waals surface area contributed by atoms with Crippen LogP contribution in [0.4, 0.5) is 5.69 Å². The average molecular weight is 486 g/mol. The fourth-order valence-corrected chi connectivity index (χ4v) is 4.72. The maximum atomic E-state index is 12.6. The van der Waals surface area contributed by atoms with Crippen LogP contribution in [0.15, 0.2) is 71.9 Å². The molecule has 0 aliphatic carbocycles. The number of hydrogen-bond donors (Lipinski definition) is 2. The van der Waals surface area contributed by atoms with E-state index in [1.54, 1.807) is 13.2 Å². The van der Waals surface area contributed by atoms with Crippen LogP contribution in [-0.4, -0.2) is 45.6 Å². The number of rotatable bonds is 7. The summed E-state index contributed by atoms with van der Waals surface area (Å²) in [5.74, 6) is 0.0614. The Kier molecular flexibility index (Phi) is 6.24. The largest absolute Gasteiger partial charge is 0.495 e. The number of nitrogens with zero attached hydrogens (tertiary/aromatic N) is 3. The Morgan fingerprint density at radius 2 is 1.74 bits per heavy atom. The fourth-order valence-electron chi connectivity index (χ4n) is 3.88. The molecule has 2 heterocycles. The summed E-state index contributed by atoms with van der Waals surface area (Å²) in [6.07, 6.45) is 0. The number of methoxy groups -OCH3 is 1. The molecule has 0 bridgehead atoms. The Morgan fingerprint density at radius 3 is 2.57 bits per heavy atom. The summed E-state index contributed by atoms with van der Waals surface area (Å²) >= 11 is 1.30. The van der Waals surface area contributed by atoms with E-state index in [0.717, 1.165) is 33.1 Å². The zero-order valence-electron chi connectivity index (χ0n) is 19.2. The zero-order chi connectivity index (χ0) is 24.4. The highest BCUT2D eigenvalue weighted by Gasteiger charge is 2.16. The lowest BCUT2D eigenvalue weighted by Crippen LogP contribution is -2.34. The molecular formula is C26H23N5O3S. The SMILES string of the molecule is COc1ccc(C)cc1NC(=O)CNC(=O)CSc1nc2ccccc2c2nc3ccccc3n12. The van der Waals surface area contributed by atoms with Crippen LogP contribution in [-0.2, 0) is 9.59 Å². The molecular weight excluding hydrogens is 462 g/mol. The smallest absolute Gasteiger partial charge is 0.243 e. The Hall–Kier alpha value is -4.11. The lowest BCUT2D eigenvalue weighted by molar-refractivity contribution is -0.122. The number of nitrogens with one attached hydrogen (secondary N) is 2. The Bertz CT molecular complexity index is 1580. The number of aromatic nitrogens is 3. The van der Waals surface area contributed by atoms with Crippen molar-refractivity contribution in [1.82, 2.24) is 19.7 Å². The van der Waals surface area contributed by atoms with E-state index in [1.807, 2.05) is 72.0 Å². The third-order valence-electron chi connectivity index (χ3n) is 5.52. The van der Waals surface area contributed by atoms with E-state index in [2.05, 4.69) is 10.6 Å². The number of thioether (sulfide) groups is 1. The first-order valence-corrected chi connectivity index (χ1v) is 12.0. The van der Waals surface area contributed by atoms with Gasteiger partial charge >= 0.3 is 0 Å². The number of carbonyl (C=O) groups is 2. The lowest BCUT2D eigenvalue weighted by atomic mass is 10.2. The predicted molar refractivity (Wildman–Crippen MR) is 138 cm³/mol. The Morgan fingerprint density at radius 1 is 0.971 bits per heavy atom. The van der Waals surface area contributed by atoms with Gasteiger partial charge in [0.05, 0.1) is 41.6 Å². The summed E-state index contributed by atoms with van der Waals surface area (Å²) in [6, 6.07) is 21.2. The molecule has 0 aliphatic rings. The van der Waals surface area contributed by atoms with Gasteiger partial charge in [-0.1, -0.05) is 42.1 Å². The van der Waals surface area contributed by atoms with E-state index in [1.165, 1.54) is 11.8 Å². The number of aryl methyl sites for hydroxylation is 1. The number of benzene rings is 3. The third kappa shape index (κ3) is 4.63. The monoisotopic (exact) mass is 485 g/mol. The van der Waals surface area contributed by atoms with E-state index >= 15 is 0 Å². The van der Waals surface area contributed by atoms with E-state index < -0.39 is 0 Å². The van der Waals surface area contributed by atoms with Crippen LogP contribution in [0.25, 0.3) is 27.6 Å². The van der Waals surface area contributed by atoms with Crippen molar-refractivity contribution in [3.05, 3.63) is 72.3 Å². The van der Waals surface area contributed by atoms with Crippen molar-refractivity contribution in [3.63, 3.8) is 0 Å². The van der Waals surface area contributed by atoms with Gasteiger partial charge in [-0.15, -0.1) is 0 Å². The normalized spacial score (nSPS) is 11.1. The lowest BCUT2D eigenvalue weighted by Gasteiger charge is -2.12. The van der Waals surface area contributed by atoms with Crippen molar-refractivity contribution in [2.24, 2.45) is 0 Å². The molecule has 2 N–H and O–H groups in total. The molecule has 0 saturated carbocycles. The average Bonchev–Trinajstić information content (AvgIpc) is 3.26. The number of imidazole rings is 1. The number of anilines is 1. The molecule has 8 nitrogen and oxygen atoms in total. The molecule has 5 aromatic rings. The van der Waals surface area contributed by atoms with E-state index in [4.69, 9.17) is 14.7 Å². The van der Waals surface area contributed by atoms with Crippen LogP contribution in [0.5, 0.6) is 5.75 Å². The summed E-state index contributed by atoms with van der Waals surface area (Å²) in [5.41, 5.74) is 4.95. The van der Waals surface area contributed by atoms with Crippen molar-refractivity contribution in [2.45, 2.75) is 12.1 Å². The van der Waals surface area contributed by atoms with E-state index in [-0.39, 0.29) is 24.1 Å². The van der Waals surface area contributed by atoms with E-state index in [0.29, 0.717) is 16.6 Å². The van der Waals surface area contributed by atoms with Crippen molar-refractivity contribution in [2.75, 3.05) is 24.7 Å². The van der Waals surface area contributed by atoms with Gasteiger partial charge in [-0.3, -0.25) is 14.0 Å². The number of carbonyl (C=O) groups excluding carboxylic acids is 2. The highest BCUT2D eigenvalue weighted by Crippen LogP contribution is 2.29. The number of fused-ring (bicyclic) bond motifs is 5. The third-order valence-corrected chi connectivity index (χ3v) is 6.46. The van der Waals surface area contributed by atoms with Crippen LogP contribution in [0, 0.1) is 6.92 Å². The minimum absolute atomic E-state index is 0.105. The van der Waals surface area contributed by atoms with Crippen LogP contribution < -0.4 is 15.4 Å². The number of hydrogen-bond acceptors (Lipinski definition) is 6. The summed E-state index contributed by atoms with van der Waals surface area (Å²) in [7, 11) is 1.54. The molecule has 9 heteroatoms. The van der Waals surface area contributed by atoms with Gasteiger partial charge in [0.2, 0.25) is 11.8 Å². The quantitative estimate of drug-likeness (QED) is 0.265. The zero-order valence-corrected chi connectivity index (χ0v) is 20.1. The van der Waals surface area contributed by atoms with Gasteiger partial charge in [0, 0.05) is 5.39 Å². The molecule has 2 amide bonds. The molecule has 2 aromatic heterocycles. The molecule has 3 aromatic carbocycles. The first kappa shape index (κ1) is 22.7. The van der Waals surface area contributed by atoms with Crippen molar-refractivity contribution >= 4 is 56.8 Å². The predicted octanol–water partition coefficient (Wildman–Crippen LogP) is 4.20. The molecule has 0 fully saturated rings. The molecule has 176 valence electrons. The van der Waals surface area contributed by atoms with Gasteiger partial charge < -0.3 is 15.4 Å². The maximum absolute atomic E-state index is 12.6. The minimum atomic E-state index is -0.334. The molecule has 0 aliphatic heterocycles. The topological polar surface area (TPSA) is 97.6 Å². The molecule has 5 rings (SSSR count). The fraction of sp³-hybridized carbons (Fsp3) is 0.154. The summed E-state index contributed by atoms with van der Waals surface area (Å²) in [6.45, 7) is 1.78. The second kappa shape index (κ2) is 9.63. The van der Waals surface area contributed by atoms with Gasteiger partial charge in [0.25, 0.3) is 0 Å². The molecule has 0 radical (unpaired) electrons. The van der Waals surface area contributed by atoms with Crippen LogP contribution in [0.3, 0.4) is 0 Å². The van der Waals surface area contributed by atoms with E-state index in [9.17, 15) is 9.59 Å². The van der Waals surface area contributed by atoms with Crippen molar-refractivity contribution in [3.8, 4) is 5.75 Å². The molecule has 0 unspecified atom stereocenters. The molecule has 0 atom stereocenters. The summed E-state index contributed by atoms with van der Waals surface area (Å²) in [4.78, 5) is 34.5. The van der Waals surface area contributed by atoms with Crippen molar-refractivity contribution in [1.29, 1.82) is 0 Å². The van der Waals surface area contributed by atoms with Gasteiger partial charge in [0.15, 0.2) is 5.16 Å². The molecule has 35 heavy (non-hydrogen) atoms. The Labute approximate surface area is 205 Å². The van der Waals surface area contributed by atoms with Crippen molar-refractivity contribution < 1.29 is 14.3 Å². The first-order valence-electron chi connectivity index (χ1n) is 11.0. The standard InChI is InChI=1S/C26H23N5O3S/c1-16-11-12-22(34-2)20(13-16)28-23(32)14-27-24(33)15-35-26-30-18-8-4-3-7-17(18)25-29-19-9-5-6-10-21(19)31(25)26/h3-13H,14-15H2,1-2H3,(H,27,33)(H,28,32). The highest BCUT2D eigenvalue weighted by atomic mass is 32.2. The van der Waals surface area contributed by atoms with Gasteiger partial charge in [-0.05, 0) is 48.9 Å².